The fourth-order valence-electron chi connectivity index (χ4n) is 2.67. The lowest BCUT2D eigenvalue weighted by Gasteiger charge is -2.22. The Bertz CT molecular complexity index is 563. The number of rotatable bonds is 5. The lowest BCUT2D eigenvalue weighted by molar-refractivity contribution is -0.122. The minimum absolute atomic E-state index is 0.00217. The van der Waals surface area contributed by atoms with Crippen molar-refractivity contribution in [3.8, 4) is 0 Å². The summed E-state index contributed by atoms with van der Waals surface area (Å²) in [7, 11) is 0. The number of amides is 2. The average Bonchev–Trinajstić information content (AvgIpc) is 2.51. The molecule has 0 saturated carbocycles. The predicted molar refractivity (Wildman–Crippen MR) is 91.4 cm³/mol. The molecule has 1 heterocycles. The molecule has 0 spiro atoms. The first kappa shape index (κ1) is 17.5. The third-order valence-electron chi connectivity index (χ3n) is 4.05. The molecule has 0 aromatic heterocycles. The Morgan fingerprint density at radius 2 is 1.78 bits per heavy atom. The topological polar surface area (TPSA) is 67.4 Å². The summed E-state index contributed by atoms with van der Waals surface area (Å²) in [6.45, 7) is 7.21. The van der Waals surface area contributed by atoms with Crippen molar-refractivity contribution in [3.05, 3.63) is 23.8 Å². The molecule has 2 amide bonds. The van der Waals surface area contributed by atoms with Gasteiger partial charge in [-0.3, -0.25) is 9.59 Å². The van der Waals surface area contributed by atoms with E-state index < -0.39 is 0 Å². The van der Waals surface area contributed by atoms with Crippen LogP contribution in [0.3, 0.4) is 0 Å². The number of hydrogen-bond donors (Lipinski definition) is 2. The van der Waals surface area contributed by atoms with Gasteiger partial charge in [0, 0.05) is 36.9 Å². The second-order valence-corrected chi connectivity index (χ2v) is 6.50. The van der Waals surface area contributed by atoms with E-state index in [0.29, 0.717) is 25.6 Å². The predicted octanol–water partition coefficient (Wildman–Crippen LogP) is 3.34. The number of hydrogen-bond acceptors (Lipinski definition) is 3. The van der Waals surface area contributed by atoms with E-state index in [1.165, 1.54) is 0 Å². The zero-order valence-corrected chi connectivity index (χ0v) is 14.1. The van der Waals surface area contributed by atoms with E-state index >= 15 is 0 Å². The summed E-state index contributed by atoms with van der Waals surface area (Å²) < 4.78 is 5.29. The second kappa shape index (κ2) is 8.11. The fourth-order valence-corrected chi connectivity index (χ4v) is 2.67. The van der Waals surface area contributed by atoms with Crippen LogP contribution in [0.15, 0.2) is 18.2 Å². The molecule has 126 valence electrons. The van der Waals surface area contributed by atoms with Gasteiger partial charge >= 0.3 is 0 Å². The number of carbonyl (C=O) groups excluding carboxylic acids is 2. The molecule has 1 aliphatic rings. The van der Waals surface area contributed by atoms with Gasteiger partial charge in [0.2, 0.25) is 11.8 Å². The Morgan fingerprint density at radius 3 is 2.39 bits per heavy atom. The molecular weight excluding hydrogens is 292 g/mol. The largest absolute Gasteiger partial charge is 0.381 e. The smallest absolute Gasteiger partial charge is 0.227 e. The van der Waals surface area contributed by atoms with Crippen molar-refractivity contribution in [2.75, 3.05) is 23.8 Å². The molecule has 0 aliphatic carbocycles. The number of carbonyl (C=O) groups is 2. The maximum atomic E-state index is 12.3. The number of anilines is 2. The van der Waals surface area contributed by atoms with Gasteiger partial charge in [0.15, 0.2) is 0 Å². The molecule has 0 bridgehead atoms. The molecule has 5 heteroatoms. The minimum atomic E-state index is -0.00370. The van der Waals surface area contributed by atoms with Gasteiger partial charge in [0.05, 0.1) is 0 Å². The standard InChI is InChI=1S/C18H26N2O3/c1-12(2)11-17(21)19-15-5-4-6-16(13(15)3)20-18(22)14-7-9-23-10-8-14/h4-6,12,14H,7-11H2,1-3H3,(H,19,21)(H,20,22). The van der Waals surface area contributed by atoms with E-state index in [1.54, 1.807) is 0 Å². The molecule has 1 aliphatic heterocycles. The van der Waals surface area contributed by atoms with E-state index in [1.807, 2.05) is 39.0 Å². The zero-order valence-electron chi connectivity index (χ0n) is 14.1. The first-order valence-corrected chi connectivity index (χ1v) is 8.25. The van der Waals surface area contributed by atoms with Crippen LogP contribution in [0.4, 0.5) is 11.4 Å². The minimum Gasteiger partial charge on any atom is -0.381 e. The number of nitrogens with one attached hydrogen (secondary N) is 2. The van der Waals surface area contributed by atoms with E-state index in [9.17, 15) is 9.59 Å². The summed E-state index contributed by atoms with van der Waals surface area (Å²) in [5, 5.41) is 5.91. The molecule has 23 heavy (non-hydrogen) atoms. The Balaban J connectivity index is 2.03. The molecule has 1 aromatic carbocycles. The summed E-state index contributed by atoms with van der Waals surface area (Å²) in [6.07, 6.45) is 2.00. The van der Waals surface area contributed by atoms with Gasteiger partial charge in [0.25, 0.3) is 0 Å². The van der Waals surface area contributed by atoms with Gasteiger partial charge in [-0.2, -0.15) is 0 Å². The highest BCUT2D eigenvalue weighted by Crippen LogP contribution is 2.25. The summed E-state index contributed by atoms with van der Waals surface area (Å²) >= 11 is 0. The van der Waals surface area contributed by atoms with Crippen molar-refractivity contribution in [3.63, 3.8) is 0 Å². The Hall–Kier alpha value is -1.88. The molecule has 1 saturated heterocycles. The van der Waals surface area contributed by atoms with Crippen LogP contribution in [0.1, 0.15) is 38.7 Å². The van der Waals surface area contributed by atoms with Gasteiger partial charge in [-0.15, -0.1) is 0 Å². The maximum absolute atomic E-state index is 12.3. The highest BCUT2D eigenvalue weighted by molar-refractivity contribution is 5.96. The second-order valence-electron chi connectivity index (χ2n) is 6.50. The van der Waals surface area contributed by atoms with Gasteiger partial charge < -0.3 is 15.4 Å². The highest BCUT2D eigenvalue weighted by Gasteiger charge is 2.22. The Morgan fingerprint density at radius 1 is 1.17 bits per heavy atom. The molecule has 0 atom stereocenters. The van der Waals surface area contributed by atoms with Crippen molar-refractivity contribution in [1.29, 1.82) is 0 Å². The normalized spacial score (nSPS) is 15.5. The van der Waals surface area contributed by atoms with E-state index in [4.69, 9.17) is 4.74 Å². The van der Waals surface area contributed by atoms with Crippen LogP contribution in [-0.4, -0.2) is 25.0 Å². The first-order valence-electron chi connectivity index (χ1n) is 8.25. The van der Waals surface area contributed by atoms with E-state index in [-0.39, 0.29) is 17.7 Å². The summed E-state index contributed by atoms with van der Waals surface area (Å²) in [5.74, 6) is 0.340. The van der Waals surface area contributed by atoms with Gasteiger partial charge in [-0.1, -0.05) is 19.9 Å². The van der Waals surface area contributed by atoms with Crippen LogP contribution in [0.2, 0.25) is 0 Å². The summed E-state index contributed by atoms with van der Waals surface area (Å²) in [6, 6.07) is 5.57. The SMILES string of the molecule is Cc1c(NC(=O)CC(C)C)cccc1NC(=O)C1CCOCC1. The average molecular weight is 318 g/mol. The van der Waals surface area contributed by atoms with E-state index in [2.05, 4.69) is 10.6 Å². The molecule has 1 fully saturated rings. The quantitative estimate of drug-likeness (QED) is 0.875. The summed E-state index contributed by atoms with van der Waals surface area (Å²) in [5.41, 5.74) is 2.38. The van der Waals surface area contributed by atoms with Crippen molar-refractivity contribution in [2.45, 2.75) is 40.0 Å². The molecule has 1 aromatic rings. The third kappa shape index (κ3) is 5.06. The number of benzene rings is 1. The molecule has 2 N–H and O–H groups in total. The van der Waals surface area contributed by atoms with Crippen molar-refractivity contribution in [1.82, 2.24) is 0 Å². The van der Waals surface area contributed by atoms with Crippen LogP contribution in [-0.2, 0) is 14.3 Å². The lowest BCUT2D eigenvalue weighted by Crippen LogP contribution is -2.28. The third-order valence-corrected chi connectivity index (χ3v) is 4.05. The van der Waals surface area contributed by atoms with Crippen LogP contribution >= 0.6 is 0 Å². The molecule has 0 radical (unpaired) electrons. The summed E-state index contributed by atoms with van der Waals surface area (Å²) in [4.78, 5) is 24.3. The fraction of sp³-hybridized carbons (Fsp3) is 0.556. The van der Waals surface area contributed by atoms with Crippen LogP contribution in [0.25, 0.3) is 0 Å². The van der Waals surface area contributed by atoms with Crippen molar-refractivity contribution in [2.24, 2.45) is 11.8 Å². The van der Waals surface area contributed by atoms with Crippen molar-refractivity contribution < 1.29 is 14.3 Å². The number of ether oxygens (including phenoxy) is 1. The van der Waals surface area contributed by atoms with Crippen LogP contribution < -0.4 is 10.6 Å². The Labute approximate surface area is 137 Å². The van der Waals surface area contributed by atoms with Gasteiger partial charge in [-0.05, 0) is 43.4 Å². The Kier molecular flexibility index (Phi) is 6.16. The molecule has 2 rings (SSSR count). The maximum Gasteiger partial charge on any atom is 0.227 e. The van der Waals surface area contributed by atoms with Gasteiger partial charge in [-0.25, -0.2) is 0 Å². The highest BCUT2D eigenvalue weighted by atomic mass is 16.5. The molecular formula is C18H26N2O3. The van der Waals surface area contributed by atoms with Gasteiger partial charge in [0.1, 0.15) is 0 Å². The lowest BCUT2D eigenvalue weighted by atomic mass is 9.99. The van der Waals surface area contributed by atoms with Crippen LogP contribution in [0.5, 0.6) is 0 Å². The van der Waals surface area contributed by atoms with Crippen molar-refractivity contribution >= 4 is 23.2 Å². The monoisotopic (exact) mass is 318 g/mol. The first-order chi connectivity index (χ1) is 11.0. The van der Waals surface area contributed by atoms with Crippen LogP contribution in [0, 0.1) is 18.8 Å². The zero-order chi connectivity index (χ0) is 16.8. The molecule has 0 unspecified atom stereocenters. The van der Waals surface area contributed by atoms with E-state index in [0.717, 1.165) is 29.8 Å². The molecule has 5 nitrogen and oxygen atoms in total.